The number of benzene rings is 1. The Morgan fingerprint density at radius 1 is 1.24 bits per heavy atom. The van der Waals surface area contributed by atoms with Crippen LogP contribution in [0.3, 0.4) is 0 Å². The highest BCUT2D eigenvalue weighted by Crippen LogP contribution is 2.36. The molecule has 1 aromatic carbocycles. The molecule has 1 aliphatic carbocycles. The van der Waals surface area contributed by atoms with Crippen molar-refractivity contribution < 1.29 is 13.2 Å². The molecule has 2 heterocycles. The molecule has 4 nitrogen and oxygen atoms in total. The van der Waals surface area contributed by atoms with Crippen molar-refractivity contribution >= 4 is 16.9 Å². The normalized spacial score (nSPS) is 17.5. The van der Waals surface area contributed by atoms with Gasteiger partial charge in [-0.1, -0.05) is 0 Å². The molecule has 2 N–H and O–H groups in total. The Balaban J connectivity index is 1.64. The van der Waals surface area contributed by atoms with Crippen molar-refractivity contribution in [3.63, 3.8) is 0 Å². The number of halogens is 3. The highest BCUT2D eigenvalue weighted by atomic mass is 19.3. The molecule has 130 valence electrons. The Morgan fingerprint density at radius 2 is 2.00 bits per heavy atom. The molecule has 0 radical (unpaired) electrons. The summed E-state index contributed by atoms with van der Waals surface area (Å²) in [5, 5.41) is 4.09. The standard InChI is InChI=1S/C18H17F3N4/c1-18(20,21)10-8-22-17(23-9-10)25-15-4-2-3-12-13-7-11(19)5-6-14(13)24-16(12)15/h5-9,15,24H,2-4H2,1H3,(H,22,23,25). The van der Waals surface area contributed by atoms with Crippen molar-refractivity contribution in [2.45, 2.75) is 38.2 Å². The molecule has 3 aromatic rings. The van der Waals surface area contributed by atoms with Crippen molar-refractivity contribution in [2.75, 3.05) is 5.32 Å². The molecule has 0 aliphatic heterocycles. The van der Waals surface area contributed by atoms with Gasteiger partial charge in [-0.05, 0) is 43.0 Å². The third-order valence-corrected chi connectivity index (χ3v) is 4.63. The molecule has 2 aromatic heterocycles. The van der Waals surface area contributed by atoms with Crippen LogP contribution in [0, 0.1) is 5.82 Å². The molecule has 0 amide bonds. The summed E-state index contributed by atoms with van der Waals surface area (Å²) in [4.78, 5) is 11.4. The zero-order chi connectivity index (χ0) is 17.6. The number of alkyl halides is 2. The summed E-state index contributed by atoms with van der Waals surface area (Å²) < 4.78 is 40.1. The van der Waals surface area contributed by atoms with Crippen LogP contribution < -0.4 is 5.32 Å². The number of aromatic nitrogens is 3. The molecule has 1 unspecified atom stereocenters. The first-order valence-corrected chi connectivity index (χ1v) is 8.19. The van der Waals surface area contributed by atoms with Crippen LogP contribution in [0.5, 0.6) is 0 Å². The summed E-state index contributed by atoms with van der Waals surface area (Å²) in [5.41, 5.74) is 2.75. The van der Waals surface area contributed by atoms with Crippen LogP contribution in [0.4, 0.5) is 19.1 Å². The van der Waals surface area contributed by atoms with E-state index in [1.54, 1.807) is 12.1 Å². The number of hydrogen-bond donors (Lipinski definition) is 2. The summed E-state index contributed by atoms with van der Waals surface area (Å²) in [7, 11) is 0. The molecule has 25 heavy (non-hydrogen) atoms. The minimum Gasteiger partial charge on any atom is -0.356 e. The number of nitrogens with one attached hydrogen (secondary N) is 2. The predicted molar refractivity (Wildman–Crippen MR) is 89.2 cm³/mol. The quantitative estimate of drug-likeness (QED) is 0.723. The van der Waals surface area contributed by atoms with Crippen molar-refractivity contribution in [3.05, 3.63) is 53.2 Å². The topological polar surface area (TPSA) is 53.6 Å². The van der Waals surface area contributed by atoms with Gasteiger partial charge in [0.2, 0.25) is 5.95 Å². The minimum atomic E-state index is -2.96. The Kier molecular flexibility index (Phi) is 3.67. The third kappa shape index (κ3) is 2.94. The van der Waals surface area contributed by atoms with Crippen LogP contribution in [0.2, 0.25) is 0 Å². The Bertz CT molecular complexity index is 912. The van der Waals surface area contributed by atoms with E-state index in [1.165, 1.54) is 6.07 Å². The Hall–Kier alpha value is -2.57. The molecular formula is C18H17F3N4. The third-order valence-electron chi connectivity index (χ3n) is 4.63. The van der Waals surface area contributed by atoms with Gasteiger partial charge in [-0.25, -0.2) is 23.1 Å². The van der Waals surface area contributed by atoms with E-state index in [9.17, 15) is 13.2 Å². The summed E-state index contributed by atoms with van der Waals surface area (Å²) in [6, 6.07) is 4.64. The zero-order valence-electron chi connectivity index (χ0n) is 13.6. The Labute approximate surface area is 142 Å². The maximum Gasteiger partial charge on any atom is 0.273 e. The molecule has 0 bridgehead atoms. The second kappa shape index (κ2) is 5.75. The maximum atomic E-state index is 13.6. The summed E-state index contributed by atoms with van der Waals surface area (Å²) in [5.74, 6) is -2.92. The number of rotatable bonds is 3. The molecule has 0 spiro atoms. The second-order valence-corrected chi connectivity index (χ2v) is 6.48. The second-order valence-electron chi connectivity index (χ2n) is 6.48. The summed E-state index contributed by atoms with van der Waals surface area (Å²) >= 11 is 0. The fourth-order valence-corrected chi connectivity index (χ4v) is 3.36. The van der Waals surface area contributed by atoms with Crippen LogP contribution in [-0.4, -0.2) is 15.0 Å². The number of aromatic amines is 1. The van der Waals surface area contributed by atoms with E-state index in [2.05, 4.69) is 20.3 Å². The lowest BCUT2D eigenvalue weighted by Crippen LogP contribution is -2.19. The van der Waals surface area contributed by atoms with Crippen molar-refractivity contribution in [2.24, 2.45) is 0 Å². The van der Waals surface area contributed by atoms with E-state index in [-0.39, 0.29) is 17.4 Å². The average molecular weight is 346 g/mol. The zero-order valence-corrected chi connectivity index (χ0v) is 13.6. The van der Waals surface area contributed by atoms with Crippen molar-refractivity contribution in [1.82, 2.24) is 15.0 Å². The van der Waals surface area contributed by atoms with Crippen LogP contribution in [0.1, 0.15) is 42.6 Å². The molecule has 7 heteroatoms. The van der Waals surface area contributed by atoms with Gasteiger partial charge in [-0.3, -0.25) is 0 Å². The number of hydrogen-bond acceptors (Lipinski definition) is 3. The van der Waals surface area contributed by atoms with Crippen LogP contribution in [0.25, 0.3) is 10.9 Å². The van der Waals surface area contributed by atoms with Gasteiger partial charge < -0.3 is 10.3 Å². The van der Waals surface area contributed by atoms with E-state index in [0.29, 0.717) is 5.95 Å². The van der Waals surface area contributed by atoms with Gasteiger partial charge in [0.15, 0.2) is 0 Å². The van der Waals surface area contributed by atoms with Gasteiger partial charge in [-0.2, -0.15) is 0 Å². The van der Waals surface area contributed by atoms with E-state index in [1.807, 2.05) is 0 Å². The van der Waals surface area contributed by atoms with Crippen molar-refractivity contribution in [3.8, 4) is 0 Å². The van der Waals surface area contributed by atoms with Gasteiger partial charge in [-0.15, -0.1) is 0 Å². The lowest BCUT2D eigenvalue weighted by molar-refractivity contribution is 0.0168. The SMILES string of the molecule is CC(F)(F)c1cnc(NC2CCCc3c2[nH]c2ccc(F)cc32)nc1. The molecular weight excluding hydrogens is 329 g/mol. The monoisotopic (exact) mass is 346 g/mol. The predicted octanol–water partition coefficient (Wildman–Crippen LogP) is 4.70. The molecule has 4 rings (SSSR count). The summed E-state index contributed by atoms with van der Waals surface area (Å²) in [6.45, 7) is 0.815. The maximum absolute atomic E-state index is 13.6. The fourth-order valence-electron chi connectivity index (χ4n) is 3.36. The van der Waals surface area contributed by atoms with Gasteiger partial charge >= 0.3 is 0 Å². The van der Waals surface area contributed by atoms with Crippen LogP contribution in [-0.2, 0) is 12.3 Å². The van der Waals surface area contributed by atoms with E-state index in [4.69, 9.17) is 0 Å². The first-order chi connectivity index (χ1) is 11.9. The van der Waals surface area contributed by atoms with Gasteiger partial charge in [0.25, 0.3) is 5.92 Å². The fraction of sp³-hybridized carbons (Fsp3) is 0.333. The van der Waals surface area contributed by atoms with Crippen molar-refractivity contribution in [1.29, 1.82) is 0 Å². The first kappa shape index (κ1) is 15.9. The highest BCUT2D eigenvalue weighted by molar-refractivity contribution is 5.85. The van der Waals surface area contributed by atoms with E-state index < -0.39 is 5.92 Å². The molecule has 0 saturated carbocycles. The molecule has 0 saturated heterocycles. The summed E-state index contributed by atoms with van der Waals surface area (Å²) in [6.07, 6.45) is 4.95. The number of anilines is 1. The molecule has 1 atom stereocenters. The largest absolute Gasteiger partial charge is 0.356 e. The van der Waals surface area contributed by atoms with Gasteiger partial charge in [0, 0.05) is 35.9 Å². The first-order valence-electron chi connectivity index (χ1n) is 8.19. The van der Waals surface area contributed by atoms with E-state index >= 15 is 0 Å². The smallest absolute Gasteiger partial charge is 0.273 e. The number of fused-ring (bicyclic) bond motifs is 3. The molecule has 1 aliphatic rings. The number of aryl methyl sites for hydroxylation is 1. The van der Waals surface area contributed by atoms with E-state index in [0.717, 1.165) is 60.7 Å². The lowest BCUT2D eigenvalue weighted by Gasteiger charge is -2.24. The average Bonchev–Trinajstić information content (AvgIpc) is 2.94. The Morgan fingerprint density at radius 3 is 2.72 bits per heavy atom. The highest BCUT2D eigenvalue weighted by Gasteiger charge is 2.27. The van der Waals surface area contributed by atoms with Gasteiger partial charge in [0.1, 0.15) is 5.82 Å². The number of H-pyrrole nitrogens is 1. The lowest BCUT2D eigenvalue weighted by atomic mass is 9.92. The van der Waals surface area contributed by atoms with Crippen LogP contribution >= 0.6 is 0 Å². The number of nitrogens with zero attached hydrogens (tertiary/aromatic N) is 2. The van der Waals surface area contributed by atoms with Crippen LogP contribution in [0.15, 0.2) is 30.6 Å². The van der Waals surface area contributed by atoms with Gasteiger partial charge in [0.05, 0.1) is 11.6 Å². The molecule has 0 fully saturated rings. The minimum absolute atomic E-state index is 0.0628.